The quantitative estimate of drug-likeness (QED) is 0.887. The highest BCUT2D eigenvalue weighted by Gasteiger charge is 2.35. The molecule has 5 heteroatoms. The molecule has 1 aliphatic rings. The predicted octanol–water partition coefficient (Wildman–Crippen LogP) is 1.44. The molecule has 1 fully saturated rings. The van der Waals surface area contributed by atoms with E-state index in [-0.39, 0.29) is 10.4 Å². The Morgan fingerprint density at radius 2 is 2.00 bits per heavy atom. The summed E-state index contributed by atoms with van der Waals surface area (Å²) in [6.07, 6.45) is 4.17. The molecule has 4 nitrogen and oxygen atoms in total. The zero-order valence-electron chi connectivity index (χ0n) is 10.1. The molecule has 0 atom stereocenters. The molecule has 0 saturated heterocycles. The maximum Gasteiger partial charge on any atom is 0.179 e. The minimum Gasteiger partial charge on any atom is -0.495 e. The van der Waals surface area contributed by atoms with Gasteiger partial charge in [0, 0.05) is 11.8 Å². The number of hydrogen-bond donors (Lipinski definition) is 1. The Morgan fingerprint density at radius 3 is 2.41 bits per heavy atom. The zero-order valence-corrected chi connectivity index (χ0v) is 10.9. The number of sulfone groups is 1. The van der Waals surface area contributed by atoms with Crippen molar-refractivity contribution in [3.63, 3.8) is 0 Å². The monoisotopic (exact) mass is 255 g/mol. The molecule has 0 heterocycles. The van der Waals surface area contributed by atoms with Crippen LogP contribution < -0.4 is 10.5 Å². The predicted molar refractivity (Wildman–Crippen MR) is 65.8 cm³/mol. The summed E-state index contributed by atoms with van der Waals surface area (Å²) in [5.74, 6) is 0.377. The fraction of sp³-hybridized carbons (Fsp3) is 0.500. The molecular weight excluding hydrogens is 238 g/mol. The van der Waals surface area contributed by atoms with Crippen LogP contribution in [-0.4, -0.2) is 21.8 Å². The van der Waals surface area contributed by atoms with Crippen LogP contribution in [0.25, 0.3) is 0 Å². The van der Waals surface area contributed by atoms with Gasteiger partial charge < -0.3 is 10.5 Å². The highest BCUT2D eigenvalue weighted by molar-refractivity contribution is 7.90. The summed E-state index contributed by atoms with van der Waals surface area (Å²) < 4.78 is 28.2. The molecule has 0 radical (unpaired) electrons. The van der Waals surface area contributed by atoms with Crippen LogP contribution in [0.4, 0.5) is 0 Å². The second-order valence-electron chi connectivity index (χ2n) is 4.65. The van der Waals surface area contributed by atoms with E-state index in [4.69, 9.17) is 10.5 Å². The molecular formula is C12H17NO3S. The molecule has 2 N–H and O–H groups in total. The summed E-state index contributed by atoms with van der Waals surface area (Å²) in [6.45, 7) is 0. The summed E-state index contributed by atoms with van der Waals surface area (Å²) in [5, 5.41) is 0. The van der Waals surface area contributed by atoms with Crippen LogP contribution in [0.1, 0.15) is 24.8 Å². The fourth-order valence-corrected chi connectivity index (χ4v) is 2.95. The van der Waals surface area contributed by atoms with Crippen molar-refractivity contribution in [1.82, 2.24) is 0 Å². The third-order valence-electron chi connectivity index (χ3n) is 3.38. The van der Waals surface area contributed by atoms with Gasteiger partial charge in [0.05, 0.1) is 7.11 Å². The Balaban J connectivity index is 2.48. The van der Waals surface area contributed by atoms with E-state index < -0.39 is 9.84 Å². The molecule has 1 aromatic rings. The van der Waals surface area contributed by atoms with Crippen LogP contribution in [0.15, 0.2) is 23.1 Å². The topological polar surface area (TPSA) is 69.4 Å². The molecule has 0 unspecified atom stereocenters. The largest absolute Gasteiger partial charge is 0.495 e. The summed E-state index contributed by atoms with van der Waals surface area (Å²) >= 11 is 0. The first-order chi connectivity index (χ1) is 7.87. The summed E-state index contributed by atoms with van der Waals surface area (Å²) in [7, 11) is -1.79. The molecule has 0 aliphatic heterocycles. The van der Waals surface area contributed by atoms with Crippen LogP contribution in [0.3, 0.4) is 0 Å². The number of ether oxygens (including phenoxy) is 1. The number of rotatable bonds is 3. The third-order valence-corrected chi connectivity index (χ3v) is 4.52. The maximum atomic E-state index is 11.5. The van der Waals surface area contributed by atoms with Gasteiger partial charge in [-0.25, -0.2) is 8.42 Å². The molecule has 0 spiro atoms. The zero-order chi connectivity index (χ0) is 12.7. The Labute approximate surface area is 102 Å². The normalized spacial score (nSPS) is 18.5. The molecule has 1 aromatic carbocycles. The Kier molecular flexibility index (Phi) is 2.91. The minimum atomic E-state index is -3.26. The van der Waals surface area contributed by atoms with Crippen molar-refractivity contribution in [1.29, 1.82) is 0 Å². The van der Waals surface area contributed by atoms with Crippen molar-refractivity contribution in [2.45, 2.75) is 29.7 Å². The average Bonchev–Trinajstić information content (AvgIpc) is 2.23. The van der Waals surface area contributed by atoms with Crippen LogP contribution in [0, 0.1) is 0 Å². The van der Waals surface area contributed by atoms with Crippen LogP contribution in [-0.2, 0) is 15.4 Å². The number of benzene rings is 1. The lowest BCUT2D eigenvalue weighted by Gasteiger charge is -2.38. The van der Waals surface area contributed by atoms with E-state index in [2.05, 4.69) is 0 Å². The molecule has 0 bridgehead atoms. The van der Waals surface area contributed by atoms with Gasteiger partial charge in [-0.05, 0) is 37.0 Å². The van der Waals surface area contributed by atoms with Crippen LogP contribution in [0.2, 0.25) is 0 Å². The van der Waals surface area contributed by atoms with Gasteiger partial charge in [-0.2, -0.15) is 0 Å². The Bertz CT molecular complexity index is 533. The molecule has 1 aliphatic carbocycles. The highest BCUT2D eigenvalue weighted by atomic mass is 32.2. The Hall–Kier alpha value is -1.07. The van der Waals surface area contributed by atoms with Gasteiger partial charge in [0.1, 0.15) is 10.6 Å². The van der Waals surface area contributed by atoms with Crippen molar-refractivity contribution in [2.24, 2.45) is 5.73 Å². The van der Waals surface area contributed by atoms with E-state index in [1.807, 2.05) is 0 Å². The highest BCUT2D eigenvalue weighted by Crippen LogP contribution is 2.40. The first-order valence-electron chi connectivity index (χ1n) is 5.54. The fourth-order valence-electron chi connectivity index (χ4n) is 2.13. The summed E-state index contributed by atoms with van der Waals surface area (Å²) in [4.78, 5) is 0.215. The van der Waals surface area contributed by atoms with Crippen molar-refractivity contribution < 1.29 is 13.2 Å². The SMILES string of the molecule is COc1cc(C2(N)CCC2)ccc1S(C)(=O)=O. The molecule has 94 valence electrons. The number of hydrogen-bond acceptors (Lipinski definition) is 4. The molecule has 2 rings (SSSR count). The Morgan fingerprint density at radius 1 is 1.35 bits per heavy atom. The molecule has 0 amide bonds. The standard InChI is InChI=1S/C12H17NO3S/c1-16-10-8-9(12(13)6-3-7-12)4-5-11(10)17(2,14)15/h4-5,8H,3,6-7,13H2,1-2H3. The van der Waals surface area contributed by atoms with Crippen molar-refractivity contribution >= 4 is 9.84 Å². The lowest BCUT2D eigenvalue weighted by Crippen LogP contribution is -2.43. The van der Waals surface area contributed by atoms with Crippen molar-refractivity contribution in [2.75, 3.05) is 13.4 Å². The second kappa shape index (κ2) is 3.99. The van der Waals surface area contributed by atoms with Crippen molar-refractivity contribution in [3.05, 3.63) is 23.8 Å². The first kappa shape index (κ1) is 12.4. The molecule has 17 heavy (non-hydrogen) atoms. The maximum absolute atomic E-state index is 11.5. The van der Waals surface area contributed by atoms with Gasteiger partial charge in [-0.3, -0.25) is 0 Å². The van der Waals surface area contributed by atoms with Crippen LogP contribution >= 0.6 is 0 Å². The first-order valence-corrected chi connectivity index (χ1v) is 7.43. The van der Waals surface area contributed by atoms with E-state index in [9.17, 15) is 8.42 Å². The average molecular weight is 255 g/mol. The molecule has 1 saturated carbocycles. The lowest BCUT2D eigenvalue weighted by molar-refractivity contribution is 0.252. The van der Waals surface area contributed by atoms with E-state index >= 15 is 0 Å². The van der Waals surface area contributed by atoms with Gasteiger partial charge in [0.15, 0.2) is 9.84 Å². The van der Waals surface area contributed by atoms with E-state index in [1.54, 1.807) is 18.2 Å². The summed E-state index contributed by atoms with van der Waals surface area (Å²) in [6, 6.07) is 5.12. The third kappa shape index (κ3) is 2.17. The summed E-state index contributed by atoms with van der Waals surface area (Å²) in [5.41, 5.74) is 6.85. The van der Waals surface area contributed by atoms with Crippen LogP contribution in [0.5, 0.6) is 5.75 Å². The van der Waals surface area contributed by atoms with Gasteiger partial charge in [0.25, 0.3) is 0 Å². The van der Waals surface area contributed by atoms with Gasteiger partial charge in [-0.1, -0.05) is 6.07 Å². The number of methoxy groups -OCH3 is 1. The van der Waals surface area contributed by atoms with Gasteiger partial charge in [0.2, 0.25) is 0 Å². The van der Waals surface area contributed by atoms with E-state index in [1.165, 1.54) is 13.4 Å². The van der Waals surface area contributed by atoms with E-state index in [0.29, 0.717) is 5.75 Å². The smallest absolute Gasteiger partial charge is 0.179 e. The van der Waals surface area contributed by atoms with Gasteiger partial charge in [-0.15, -0.1) is 0 Å². The minimum absolute atomic E-state index is 0.215. The lowest BCUT2D eigenvalue weighted by atomic mass is 9.73. The van der Waals surface area contributed by atoms with Gasteiger partial charge >= 0.3 is 0 Å². The second-order valence-corrected chi connectivity index (χ2v) is 6.63. The molecule has 0 aromatic heterocycles. The number of nitrogens with two attached hydrogens (primary N) is 1. The van der Waals surface area contributed by atoms with E-state index in [0.717, 1.165) is 24.8 Å². The van der Waals surface area contributed by atoms with Crippen molar-refractivity contribution in [3.8, 4) is 5.75 Å².